The summed E-state index contributed by atoms with van der Waals surface area (Å²) in [6.45, 7) is 0. The van der Waals surface area contributed by atoms with Gasteiger partial charge in [0.05, 0.1) is 18.2 Å². The zero-order valence-corrected chi connectivity index (χ0v) is 11.2. The number of carboxylic acid groups (broad SMARTS) is 1. The summed E-state index contributed by atoms with van der Waals surface area (Å²) in [6, 6.07) is -1.65. The van der Waals surface area contributed by atoms with Gasteiger partial charge in [0.15, 0.2) is 0 Å². The van der Waals surface area contributed by atoms with Crippen molar-refractivity contribution >= 4 is 12.0 Å². The van der Waals surface area contributed by atoms with Crippen LogP contribution in [-0.2, 0) is 4.79 Å². The van der Waals surface area contributed by atoms with Gasteiger partial charge in [-0.3, -0.25) is 14.6 Å². The van der Waals surface area contributed by atoms with Crippen molar-refractivity contribution in [3.05, 3.63) is 45.0 Å². The minimum absolute atomic E-state index is 0.140. The van der Waals surface area contributed by atoms with E-state index in [1.54, 1.807) is 11.1 Å². The van der Waals surface area contributed by atoms with Crippen LogP contribution in [0.1, 0.15) is 6.42 Å². The van der Waals surface area contributed by atoms with Crippen molar-refractivity contribution in [1.29, 1.82) is 0 Å². The molecule has 1 fully saturated rings. The number of hydrogen-bond acceptors (Lipinski definition) is 4. The lowest BCUT2D eigenvalue weighted by atomic mass is 9.89. The Morgan fingerprint density at radius 3 is 2.68 bits per heavy atom. The first-order valence-electron chi connectivity index (χ1n) is 6.62. The third kappa shape index (κ3) is 2.14. The van der Waals surface area contributed by atoms with Crippen molar-refractivity contribution in [2.75, 3.05) is 0 Å². The van der Waals surface area contributed by atoms with Gasteiger partial charge < -0.3 is 10.4 Å². The number of fused-ring (bicyclic) bond motifs is 2. The molecular weight excluding hydrogens is 297 g/mol. The van der Waals surface area contributed by atoms with E-state index in [-0.39, 0.29) is 11.8 Å². The summed E-state index contributed by atoms with van der Waals surface area (Å²) in [5.41, 5.74) is -2.31. The lowest BCUT2D eigenvalue weighted by Gasteiger charge is -2.25. The van der Waals surface area contributed by atoms with E-state index in [0.717, 1.165) is 0 Å². The summed E-state index contributed by atoms with van der Waals surface area (Å²) < 4.78 is 13.6. The number of carbonyl (C=O) groups is 2. The molecule has 22 heavy (non-hydrogen) atoms. The number of aliphatic carboxylic acids is 1. The van der Waals surface area contributed by atoms with Gasteiger partial charge in [0, 0.05) is 0 Å². The van der Waals surface area contributed by atoms with E-state index < -0.39 is 41.0 Å². The molecular formula is C13H12FN3O5. The van der Waals surface area contributed by atoms with E-state index in [4.69, 9.17) is 0 Å². The van der Waals surface area contributed by atoms with Crippen molar-refractivity contribution in [1.82, 2.24) is 14.9 Å². The molecule has 1 aromatic heterocycles. The lowest BCUT2D eigenvalue weighted by molar-refractivity contribution is -0.143. The third-order valence-corrected chi connectivity index (χ3v) is 4.15. The fourth-order valence-electron chi connectivity index (χ4n) is 3.17. The molecule has 116 valence electrons. The monoisotopic (exact) mass is 309 g/mol. The van der Waals surface area contributed by atoms with Crippen LogP contribution >= 0.6 is 0 Å². The van der Waals surface area contributed by atoms with E-state index in [1.165, 1.54) is 0 Å². The van der Waals surface area contributed by atoms with Crippen molar-refractivity contribution in [2.45, 2.75) is 12.5 Å². The number of nitrogens with one attached hydrogen (secondary N) is 2. The molecule has 8 nitrogen and oxygen atoms in total. The van der Waals surface area contributed by atoms with Gasteiger partial charge in [-0.05, 0) is 18.3 Å². The second-order valence-corrected chi connectivity index (χ2v) is 5.39. The average molecular weight is 309 g/mol. The third-order valence-electron chi connectivity index (χ3n) is 4.15. The molecule has 1 aromatic rings. The summed E-state index contributed by atoms with van der Waals surface area (Å²) in [5.74, 6) is -3.42. The number of carbonyl (C=O) groups excluding carboxylic acids is 1. The second-order valence-electron chi connectivity index (χ2n) is 5.39. The number of hydrogen-bond donors (Lipinski definition) is 3. The minimum Gasteiger partial charge on any atom is -0.481 e. The van der Waals surface area contributed by atoms with Crippen LogP contribution in [0.25, 0.3) is 0 Å². The van der Waals surface area contributed by atoms with E-state index >= 15 is 0 Å². The second kappa shape index (κ2) is 4.93. The van der Waals surface area contributed by atoms with E-state index in [9.17, 15) is 28.7 Å². The molecule has 2 bridgehead atoms. The van der Waals surface area contributed by atoms with Gasteiger partial charge in [-0.1, -0.05) is 12.2 Å². The Hall–Kier alpha value is -2.71. The summed E-state index contributed by atoms with van der Waals surface area (Å²) in [6.07, 6.45) is 4.72. The van der Waals surface area contributed by atoms with Crippen LogP contribution in [-0.4, -0.2) is 32.7 Å². The highest BCUT2D eigenvalue weighted by molar-refractivity contribution is 5.79. The van der Waals surface area contributed by atoms with E-state index in [1.807, 2.05) is 6.08 Å². The maximum Gasteiger partial charge on any atom is 0.336 e. The van der Waals surface area contributed by atoms with Gasteiger partial charge in [-0.15, -0.1) is 0 Å². The van der Waals surface area contributed by atoms with Gasteiger partial charge in [-0.25, -0.2) is 14.2 Å². The molecule has 9 heteroatoms. The molecule has 0 spiro atoms. The van der Waals surface area contributed by atoms with Crippen LogP contribution in [0.15, 0.2) is 27.9 Å². The number of halogens is 1. The Kier molecular flexibility index (Phi) is 3.19. The van der Waals surface area contributed by atoms with Gasteiger partial charge >= 0.3 is 17.7 Å². The molecule has 1 saturated carbocycles. The summed E-state index contributed by atoms with van der Waals surface area (Å²) in [4.78, 5) is 47.5. The summed E-state index contributed by atoms with van der Waals surface area (Å²) in [5, 5.41) is 11.7. The van der Waals surface area contributed by atoms with Gasteiger partial charge in [0.25, 0.3) is 5.56 Å². The highest BCUT2D eigenvalue weighted by atomic mass is 19.1. The van der Waals surface area contributed by atoms with Crippen LogP contribution < -0.4 is 16.6 Å². The maximum atomic E-state index is 13.2. The molecule has 0 radical (unpaired) electrons. The highest BCUT2D eigenvalue weighted by Crippen LogP contribution is 2.43. The van der Waals surface area contributed by atoms with Crippen molar-refractivity contribution in [2.24, 2.45) is 17.8 Å². The standard InChI is InChI=1S/C13H12FN3O5/c14-7-4-17(13(22)16-10(7)18)12(21)15-9-6-2-1-5(3-6)8(9)11(19)20/h1-2,4-6,8-9H,3H2,(H,15,21)(H,19,20)(H,16,18,22). The minimum atomic E-state index is -1.28. The van der Waals surface area contributed by atoms with E-state index in [2.05, 4.69) is 5.32 Å². The topological polar surface area (TPSA) is 121 Å². The maximum absolute atomic E-state index is 13.2. The number of amides is 1. The Morgan fingerprint density at radius 2 is 2.00 bits per heavy atom. The Bertz CT molecular complexity index is 796. The van der Waals surface area contributed by atoms with Crippen LogP contribution in [0, 0.1) is 23.6 Å². The van der Waals surface area contributed by atoms with E-state index in [0.29, 0.717) is 17.2 Å². The number of H-pyrrole nitrogens is 1. The molecule has 3 N–H and O–H groups in total. The highest BCUT2D eigenvalue weighted by Gasteiger charge is 2.49. The van der Waals surface area contributed by atoms with Gasteiger partial charge in [0.1, 0.15) is 0 Å². The predicted octanol–water partition coefficient (Wildman–Crippen LogP) is -0.491. The molecule has 2 aliphatic carbocycles. The smallest absolute Gasteiger partial charge is 0.336 e. The Morgan fingerprint density at radius 1 is 1.32 bits per heavy atom. The molecule has 1 amide bonds. The van der Waals surface area contributed by atoms with Crippen molar-refractivity contribution < 1.29 is 19.1 Å². The number of aromatic amines is 1. The SMILES string of the molecule is O=C(O)C1C2C=CC(C2)C1NC(=O)n1cc(F)c(=O)[nH]c1=O. The fourth-order valence-corrected chi connectivity index (χ4v) is 3.17. The molecule has 3 rings (SSSR count). The quantitative estimate of drug-likeness (QED) is 0.636. The van der Waals surface area contributed by atoms with Gasteiger partial charge in [-0.2, -0.15) is 4.39 Å². The van der Waals surface area contributed by atoms with Crippen LogP contribution in [0.4, 0.5) is 9.18 Å². The average Bonchev–Trinajstić information content (AvgIpc) is 3.03. The molecule has 0 aromatic carbocycles. The number of allylic oxidation sites excluding steroid dienone is 1. The molecule has 0 saturated heterocycles. The molecule has 4 unspecified atom stereocenters. The summed E-state index contributed by atoms with van der Waals surface area (Å²) >= 11 is 0. The van der Waals surface area contributed by atoms with Crippen molar-refractivity contribution in [3.8, 4) is 0 Å². The zero-order valence-electron chi connectivity index (χ0n) is 11.2. The lowest BCUT2D eigenvalue weighted by Crippen LogP contribution is -2.50. The van der Waals surface area contributed by atoms with Crippen molar-refractivity contribution in [3.63, 3.8) is 0 Å². The van der Waals surface area contributed by atoms with Crippen LogP contribution in [0.5, 0.6) is 0 Å². The first kappa shape index (κ1) is 14.2. The normalized spacial score (nSPS) is 28.8. The van der Waals surface area contributed by atoms with Crippen LogP contribution in [0.2, 0.25) is 0 Å². The predicted molar refractivity (Wildman–Crippen MR) is 70.9 cm³/mol. The van der Waals surface area contributed by atoms with Crippen LogP contribution in [0.3, 0.4) is 0 Å². The number of aromatic nitrogens is 2. The summed E-state index contributed by atoms with van der Waals surface area (Å²) in [7, 11) is 0. The number of nitrogens with zero attached hydrogens (tertiary/aromatic N) is 1. The first-order chi connectivity index (χ1) is 10.4. The molecule has 4 atom stereocenters. The molecule has 1 heterocycles. The fraction of sp³-hybridized carbons (Fsp3) is 0.385. The zero-order chi connectivity index (χ0) is 16.0. The Balaban J connectivity index is 1.87. The Labute approximate surface area is 122 Å². The number of carboxylic acids is 1. The molecule has 0 aliphatic heterocycles. The largest absolute Gasteiger partial charge is 0.481 e. The van der Waals surface area contributed by atoms with Gasteiger partial charge in [0.2, 0.25) is 5.82 Å². The molecule has 2 aliphatic rings. The number of rotatable bonds is 2. The first-order valence-corrected chi connectivity index (χ1v) is 6.62.